The second kappa shape index (κ2) is 6.29. The van der Waals surface area contributed by atoms with Gasteiger partial charge in [0, 0.05) is 10.5 Å². The Morgan fingerprint density at radius 1 is 1.13 bits per heavy atom. The molecule has 1 aromatic rings. The zero-order chi connectivity index (χ0) is 11.3. The van der Waals surface area contributed by atoms with E-state index >= 15 is 0 Å². The summed E-state index contributed by atoms with van der Waals surface area (Å²) in [4.78, 5) is 0. The van der Waals surface area contributed by atoms with Crippen LogP contribution in [0.2, 0.25) is 0 Å². The zero-order valence-corrected chi connectivity index (χ0v) is 11.1. The minimum atomic E-state index is 0.293. The lowest BCUT2D eigenvalue weighted by molar-refractivity contribution is 0.393. The fraction of sp³-hybridized carbons (Fsp3) is 0.538. The topological polar surface area (TPSA) is 26.0 Å². The molecular weight excluding hydrogens is 250 g/mol. The van der Waals surface area contributed by atoms with Crippen molar-refractivity contribution in [3.8, 4) is 0 Å². The van der Waals surface area contributed by atoms with Gasteiger partial charge in [-0.25, -0.2) is 0 Å². The third-order valence-electron chi connectivity index (χ3n) is 3.04. The number of hydrogen-bond donors (Lipinski definition) is 1. The molecule has 0 heterocycles. The van der Waals surface area contributed by atoms with Gasteiger partial charge in [0.25, 0.3) is 0 Å². The lowest BCUT2D eigenvalue weighted by atomic mass is 9.90. The van der Waals surface area contributed by atoms with Gasteiger partial charge in [0.2, 0.25) is 0 Å². The summed E-state index contributed by atoms with van der Waals surface area (Å²) >= 11 is 3.44. The van der Waals surface area contributed by atoms with Gasteiger partial charge in [-0.2, -0.15) is 0 Å². The minimum absolute atomic E-state index is 0.293. The van der Waals surface area contributed by atoms with E-state index in [0.717, 1.165) is 10.9 Å². The van der Waals surface area contributed by atoms with Crippen molar-refractivity contribution in [1.82, 2.24) is 0 Å². The number of halogens is 1. The lowest BCUT2D eigenvalue weighted by Gasteiger charge is -2.21. The molecule has 2 N–H and O–H groups in total. The summed E-state index contributed by atoms with van der Waals surface area (Å²) in [5, 5.41) is 0. The summed E-state index contributed by atoms with van der Waals surface area (Å²) in [6.45, 7) is 4.44. The molecule has 0 aliphatic rings. The molecule has 1 atom stereocenters. The predicted molar refractivity (Wildman–Crippen MR) is 69.9 cm³/mol. The Hall–Kier alpha value is -0.340. The van der Waals surface area contributed by atoms with Gasteiger partial charge in [-0.3, -0.25) is 0 Å². The maximum absolute atomic E-state index is 6.20. The Bertz CT molecular complexity index is 277. The molecule has 0 saturated carbocycles. The first kappa shape index (κ1) is 12.7. The molecule has 1 unspecified atom stereocenters. The summed E-state index contributed by atoms with van der Waals surface area (Å²) in [5.41, 5.74) is 7.53. The van der Waals surface area contributed by atoms with Crippen LogP contribution in [0.25, 0.3) is 0 Å². The standard InChI is InChI=1S/C13H20BrN/c1-3-11(4-2)13(15)9-10-5-7-12(14)8-6-10/h5-8,11,13H,3-4,9,15H2,1-2H3. The molecule has 1 nitrogen and oxygen atoms in total. The van der Waals surface area contributed by atoms with Crippen molar-refractivity contribution in [3.63, 3.8) is 0 Å². The third kappa shape index (κ3) is 3.96. The normalized spacial score (nSPS) is 13.1. The fourth-order valence-corrected chi connectivity index (χ4v) is 2.22. The van der Waals surface area contributed by atoms with Crippen LogP contribution >= 0.6 is 15.9 Å². The Balaban J connectivity index is 2.57. The summed E-state index contributed by atoms with van der Waals surface area (Å²) in [6.07, 6.45) is 3.34. The number of rotatable bonds is 5. The first-order chi connectivity index (χ1) is 7.17. The Morgan fingerprint density at radius 3 is 2.13 bits per heavy atom. The van der Waals surface area contributed by atoms with Gasteiger partial charge in [0.1, 0.15) is 0 Å². The molecule has 0 saturated heterocycles. The Labute approximate surface area is 101 Å². The average Bonchev–Trinajstić information content (AvgIpc) is 2.23. The van der Waals surface area contributed by atoms with Gasteiger partial charge >= 0.3 is 0 Å². The van der Waals surface area contributed by atoms with Crippen LogP contribution < -0.4 is 5.73 Å². The van der Waals surface area contributed by atoms with Crippen molar-refractivity contribution in [1.29, 1.82) is 0 Å². The van der Waals surface area contributed by atoms with E-state index in [1.807, 2.05) is 0 Å². The first-order valence-corrected chi connectivity index (χ1v) is 6.46. The van der Waals surface area contributed by atoms with Crippen molar-refractivity contribution in [3.05, 3.63) is 34.3 Å². The number of hydrogen-bond acceptors (Lipinski definition) is 1. The van der Waals surface area contributed by atoms with E-state index in [1.54, 1.807) is 0 Å². The highest BCUT2D eigenvalue weighted by molar-refractivity contribution is 9.10. The number of benzene rings is 1. The van der Waals surface area contributed by atoms with Crippen LogP contribution in [0.4, 0.5) is 0 Å². The summed E-state index contributed by atoms with van der Waals surface area (Å²) in [7, 11) is 0. The van der Waals surface area contributed by atoms with E-state index in [2.05, 4.69) is 54.0 Å². The van der Waals surface area contributed by atoms with Crippen LogP contribution in [-0.2, 0) is 6.42 Å². The lowest BCUT2D eigenvalue weighted by Crippen LogP contribution is -2.31. The minimum Gasteiger partial charge on any atom is -0.327 e. The molecule has 0 radical (unpaired) electrons. The van der Waals surface area contributed by atoms with Gasteiger partial charge in [-0.15, -0.1) is 0 Å². The van der Waals surface area contributed by atoms with Crippen LogP contribution in [-0.4, -0.2) is 6.04 Å². The third-order valence-corrected chi connectivity index (χ3v) is 3.57. The van der Waals surface area contributed by atoms with Crippen LogP contribution in [0.1, 0.15) is 32.3 Å². The van der Waals surface area contributed by atoms with Crippen molar-refractivity contribution in [2.75, 3.05) is 0 Å². The Kier molecular flexibility index (Phi) is 5.34. The van der Waals surface area contributed by atoms with E-state index in [4.69, 9.17) is 5.73 Å². The molecule has 0 spiro atoms. The van der Waals surface area contributed by atoms with Crippen molar-refractivity contribution in [2.24, 2.45) is 11.7 Å². The smallest absolute Gasteiger partial charge is 0.0175 e. The van der Waals surface area contributed by atoms with Crippen molar-refractivity contribution in [2.45, 2.75) is 39.2 Å². The highest BCUT2D eigenvalue weighted by Gasteiger charge is 2.13. The molecule has 1 aromatic carbocycles. The number of nitrogens with two attached hydrogens (primary N) is 1. The monoisotopic (exact) mass is 269 g/mol. The second-order valence-electron chi connectivity index (χ2n) is 4.07. The van der Waals surface area contributed by atoms with Crippen molar-refractivity contribution < 1.29 is 0 Å². The van der Waals surface area contributed by atoms with Crippen molar-refractivity contribution >= 4 is 15.9 Å². The first-order valence-electron chi connectivity index (χ1n) is 5.67. The molecule has 0 aromatic heterocycles. The van der Waals surface area contributed by atoms with Crippen LogP contribution in [0.15, 0.2) is 28.7 Å². The summed E-state index contributed by atoms with van der Waals surface area (Å²) in [6, 6.07) is 8.74. The fourth-order valence-electron chi connectivity index (χ4n) is 1.95. The van der Waals surface area contributed by atoms with Crippen LogP contribution in [0, 0.1) is 5.92 Å². The van der Waals surface area contributed by atoms with E-state index < -0.39 is 0 Å². The molecule has 2 heteroatoms. The maximum atomic E-state index is 6.20. The highest BCUT2D eigenvalue weighted by atomic mass is 79.9. The van der Waals surface area contributed by atoms with E-state index in [9.17, 15) is 0 Å². The Morgan fingerprint density at radius 2 is 1.67 bits per heavy atom. The van der Waals surface area contributed by atoms with Gasteiger partial charge in [0.15, 0.2) is 0 Å². The SMILES string of the molecule is CCC(CC)C(N)Cc1ccc(Br)cc1. The zero-order valence-electron chi connectivity index (χ0n) is 9.54. The molecular formula is C13H20BrN. The van der Waals surface area contributed by atoms with Gasteiger partial charge in [-0.1, -0.05) is 54.8 Å². The van der Waals surface area contributed by atoms with Crippen LogP contribution in [0.5, 0.6) is 0 Å². The quantitative estimate of drug-likeness (QED) is 0.866. The van der Waals surface area contributed by atoms with E-state index in [1.165, 1.54) is 18.4 Å². The second-order valence-corrected chi connectivity index (χ2v) is 4.99. The molecule has 15 heavy (non-hydrogen) atoms. The molecule has 1 rings (SSSR count). The van der Waals surface area contributed by atoms with Gasteiger partial charge in [0.05, 0.1) is 0 Å². The molecule has 0 amide bonds. The van der Waals surface area contributed by atoms with Gasteiger partial charge in [-0.05, 0) is 30.0 Å². The molecule has 0 fully saturated rings. The predicted octanol–water partition coefficient (Wildman–Crippen LogP) is 3.76. The maximum Gasteiger partial charge on any atom is 0.0175 e. The summed E-state index contributed by atoms with van der Waals surface area (Å²) in [5.74, 6) is 0.647. The largest absolute Gasteiger partial charge is 0.327 e. The van der Waals surface area contributed by atoms with Gasteiger partial charge < -0.3 is 5.73 Å². The summed E-state index contributed by atoms with van der Waals surface area (Å²) < 4.78 is 1.13. The average molecular weight is 270 g/mol. The van der Waals surface area contributed by atoms with Crippen LogP contribution in [0.3, 0.4) is 0 Å². The molecule has 0 aliphatic carbocycles. The van der Waals surface area contributed by atoms with E-state index in [0.29, 0.717) is 12.0 Å². The molecule has 84 valence electrons. The highest BCUT2D eigenvalue weighted by Crippen LogP contribution is 2.17. The molecule has 0 bridgehead atoms. The molecule has 0 aliphatic heterocycles. The van der Waals surface area contributed by atoms with E-state index in [-0.39, 0.29) is 0 Å².